The predicted molar refractivity (Wildman–Crippen MR) is 56.3 cm³/mol. The Morgan fingerprint density at radius 2 is 1.93 bits per heavy atom. The number of hydrogen-bond donors (Lipinski definition) is 1. The van der Waals surface area contributed by atoms with Gasteiger partial charge in [-0.05, 0) is 19.1 Å². The number of aryl methyl sites for hydroxylation is 1. The SMILES string of the molecule is Cc1sc(=O)n(-c2ccccc2)c1O. The lowest BCUT2D eigenvalue weighted by Crippen LogP contribution is -2.09. The molecule has 2 rings (SSSR count). The molecule has 0 spiro atoms. The van der Waals surface area contributed by atoms with Gasteiger partial charge in [0.2, 0.25) is 5.88 Å². The number of nitrogens with zero attached hydrogens (tertiary/aromatic N) is 1. The molecule has 2 aromatic rings. The molecule has 3 nitrogen and oxygen atoms in total. The van der Waals surface area contributed by atoms with Crippen LogP contribution >= 0.6 is 11.3 Å². The molecule has 0 amide bonds. The number of rotatable bonds is 1. The van der Waals surface area contributed by atoms with Crippen LogP contribution in [0.25, 0.3) is 5.69 Å². The molecule has 0 unspecified atom stereocenters. The Morgan fingerprint density at radius 1 is 1.29 bits per heavy atom. The van der Waals surface area contributed by atoms with Gasteiger partial charge >= 0.3 is 4.87 Å². The summed E-state index contributed by atoms with van der Waals surface area (Å²) in [6.45, 7) is 1.72. The van der Waals surface area contributed by atoms with Crippen molar-refractivity contribution in [3.63, 3.8) is 0 Å². The number of aromatic nitrogens is 1. The molecule has 1 N–H and O–H groups in total. The minimum absolute atomic E-state index is 0.0335. The van der Waals surface area contributed by atoms with Crippen LogP contribution < -0.4 is 4.87 Å². The molecule has 0 atom stereocenters. The van der Waals surface area contributed by atoms with E-state index in [4.69, 9.17) is 0 Å². The molecule has 1 aromatic carbocycles. The highest BCUT2D eigenvalue weighted by Gasteiger charge is 2.10. The summed E-state index contributed by atoms with van der Waals surface area (Å²) in [4.78, 5) is 12.0. The molecule has 72 valence electrons. The highest BCUT2D eigenvalue weighted by atomic mass is 32.1. The van der Waals surface area contributed by atoms with E-state index in [9.17, 15) is 9.90 Å². The van der Waals surface area contributed by atoms with Gasteiger partial charge in [0.15, 0.2) is 0 Å². The molecule has 0 bridgehead atoms. The molecule has 0 aliphatic carbocycles. The van der Waals surface area contributed by atoms with Gasteiger partial charge in [-0.2, -0.15) is 0 Å². The van der Waals surface area contributed by atoms with Crippen molar-refractivity contribution in [3.05, 3.63) is 44.9 Å². The monoisotopic (exact) mass is 207 g/mol. The van der Waals surface area contributed by atoms with Crippen LogP contribution in [0.1, 0.15) is 4.88 Å². The summed E-state index contributed by atoms with van der Waals surface area (Å²) in [6.07, 6.45) is 0. The van der Waals surface area contributed by atoms with Crippen molar-refractivity contribution >= 4 is 11.3 Å². The van der Waals surface area contributed by atoms with E-state index in [0.29, 0.717) is 10.6 Å². The summed E-state index contributed by atoms with van der Waals surface area (Å²) in [7, 11) is 0. The van der Waals surface area contributed by atoms with Crippen LogP contribution in [0.3, 0.4) is 0 Å². The number of thiazole rings is 1. The van der Waals surface area contributed by atoms with Gasteiger partial charge in [-0.25, -0.2) is 4.57 Å². The Morgan fingerprint density at radius 3 is 2.43 bits per heavy atom. The molecule has 0 aliphatic heterocycles. The first-order chi connectivity index (χ1) is 6.70. The molecule has 1 heterocycles. The normalized spacial score (nSPS) is 10.4. The van der Waals surface area contributed by atoms with Gasteiger partial charge in [0.1, 0.15) is 0 Å². The molecule has 0 aliphatic rings. The van der Waals surface area contributed by atoms with E-state index in [-0.39, 0.29) is 10.8 Å². The highest BCUT2D eigenvalue weighted by Crippen LogP contribution is 2.21. The molecular weight excluding hydrogens is 198 g/mol. The second kappa shape index (κ2) is 3.31. The lowest BCUT2D eigenvalue weighted by molar-refractivity contribution is 0.437. The van der Waals surface area contributed by atoms with Crippen LogP contribution in [0.15, 0.2) is 35.1 Å². The molecule has 14 heavy (non-hydrogen) atoms. The summed E-state index contributed by atoms with van der Waals surface area (Å²) < 4.78 is 1.31. The quantitative estimate of drug-likeness (QED) is 0.776. The van der Waals surface area contributed by atoms with Crippen molar-refractivity contribution in [2.24, 2.45) is 0 Å². The zero-order chi connectivity index (χ0) is 10.1. The third kappa shape index (κ3) is 1.33. The first-order valence-corrected chi connectivity index (χ1v) is 4.98. The Kier molecular flexibility index (Phi) is 2.13. The summed E-state index contributed by atoms with van der Waals surface area (Å²) in [5, 5.41) is 9.65. The van der Waals surface area contributed by atoms with Gasteiger partial charge in [-0.15, -0.1) is 0 Å². The van der Waals surface area contributed by atoms with E-state index in [1.54, 1.807) is 19.1 Å². The molecule has 0 saturated heterocycles. The second-order valence-electron chi connectivity index (χ2n) is 2.92. The van der Waals surface area contributed by atoms with E-state index >= 15 is 0 Å². The van der Waals surface area contributed by atoms with E-state index in [0.717, 1.165) is 11.3 Å². The van der Waals surface area contributed by atoms with Crippen LogP contribution in [-0.2, 0) is 0 Å². The standard InChI is InChI=1S/C10H9NO2S/c1-7-9(12)11(10(13)14-7)8-5-3-2-4-6-8/h2-6,12H,1H3. The number of benzene rings is 1. The van der Waals surface area contributed by atoms with Crippen molar-refractivity contribution < 1.29 is 5.11 Å². The Labute approximate surface area is 84.9 Å². The third-order valence-electron chi connectivity index (χ3n) is 1.96. The fourth-order valence-electron chi connectivity index (χ4n) is 1.27. The van der Waals surface area contributed by atoms with Gasteiger partial charge in [0.05, 0.1) is 10.6 Å². The second-order valence-corrected chi connectivity index (χ2v) is 4.08. The van der Waals surface area contributed by atoms with E-state index in [2.05, 4.69) is 0 Å². The largest absolute Gasteiger partial charge is 0.493 e. The highest BCUT2D eigenvalue weighted by molar-refractivity contribution is 7.09. The first kappa shape index (κ1) is 9.02. The van der Waals surface area contributed by atoms with Crippen molar-refractivity contribution in [2.45, 2.75) is 6.92 Å². The van der Waals surface area contributed by atoms with Crippen molar-refractivity contribution in [3.8, 4) is 11.6 Å². The Hall–Kier alpha value is -1.55. The first-order valence-electron chi connectivity index (χ1n) is 4.17. The Bertz CT molecular complexity index is 499. The van der Waals surface area contributed by atoms with Crippen LogP contribution in [0, 0.1) is 6.92 Å². The maximum absolute atomic E-state index is 11.5. The molecule has 0 radical (unpaired) electrons. The summed E-state index contributed by atoms with van der Waals surface area (Å²) >= 11 is 1.05. The maximum atomic E-state index is 11.5. The molecule has 0 fully saturated rings. The van der Waals surface area contributed by atoms with Crippen LogP contribution in [0.2, 0.25) is 0 Å². The summed E-state index contributed by atoms with van der Waals surface area (Å²) in [6, 6.07) is 9.09. The summed E-state index contributed by atoms with van der Waals surface area (Å²) in [5.41, 5.74) is 0.694. The Balaban J connectivity index is 2.69. The fourth-order valence-corrected chi connectivity index (χ4v) is 2.00. The van der Waals surface area contributed by atoms with E-state index in [1.807, 2.05) is 18.2 Å². The molecule has 1 aromatic heterocycles. The fraction of sp³-hybridized carbons (Fsp3) is 0.100. The van der Waals surface area contributed by atoms with Crippen molar-refractivity contribution in [2.75, 3.05) is 0 Å². The lowest BCUT2D eigenvalue weighted by atomic mass is 10.3. The average molecular weight is 207 g/mol. The van der Waals surface area contributed by atoms with E-state index in [1.165, 1.54) is 4.57 Å². The minimum atomic E-state index is -0.161. The molecule has 0 saturated carbocycles. The van der Waals surface area contributed by atoms with Crippen molar-refractivity contribution in [1.82, 2.24) is 4.57 Å². The zero-order valence-corrected chi connectivity index (χ0v) is 8.41. The van der Waals surface area contributed by atoms with Crippen molar-refractivity contribution in [1.29, 1.82) is 0 Å². The maximum Gasteiger partial charge on any atom is 0.314 e. The van der Waals surface area contributed by atoms with Crippen LogP contribution in [-0.4, -0.2) is 9.67 Å². The predicted octanol–water partition coefficient (Wildman–Crippen LogP) is 1.91. The average Bonchev–Trinajstić information content (AvgIpc) is 2.43. The number of aromatic hydroxyl groups is 1. The van der Waals surface area contributed by atoms with Gasteiger partial charge < -0.3 is 5.11 Å². The van der Waals surface area contributed by atoms with Gasteiger partial charge in [-0.1, -0.05) is 29.5 Å². The van der Waals surface area contributed by atoms with Crippen LogP contribution in [0.4, 0.5) is 0 Å². The molecular formula is C10H9NO2S. The van der Waals surface area contributed by atoms with Gasteiger partial charge in [-0.3, -0.25) is 4.79 Å². The third-order valence-corrected chi connectivity index (χ3v) is 2.81. The smallest absolute Gasteiger partial charge is 0.314 e. The minimum Gasteiger partial charge on any atom is -0.493 e. The van der Waals surface area contributed by atoms with Gasteiger partial charge in [0.25, 0.3) is 0 Å². The van der Waals surface area contributed by atoms with E-state index < -0.39 is 0 Å². The lowest BCUT2D eigenvalue weighted by Gasteiger charge is -2.01. The zero-order valence-electron chi connectivity index (χ0n) is 7.60. The topological polar surface area (TPSA) is 42.2 Å². The number of para-hydroxylation sites is 1. The number of hydrogen-bond acceptors (Lipinski definition) is 3. The van der Waals surface area contributed by atoms with Gasteiger partial charge in [0, 0.05) is 0 Å². The molecule has 4 heteroatoms. The summed E-state index contributed by atoms with van der Waals surface area (Å²) in [5.74, 6) is 0.0335. The van der Waals surface area contributed by atoms with Crippen LogP contribution in [0.5, 0.6) is 5.88 Å².